The maximum Gasteiger partial charge on any atom is 0.234 e. The number of carbonyl (C=O) groups excluding carboxylic acids is 2. The van der Waals surface area contributed by atoms with Gasteiger partial charge < -0.3 is 16.0 Å². The highest BCUT2D eigenvalue weighted by molar-refractivity contribution is 5.78. The Labute approximate surface area is 121 Å². The fourth-order valence-corrected chi connectivity index (χ4v) is 2.26. The zero-order chi connectivity index (χ0) is 15.0. The number of amides is 2. The van der Waals surface area contributed by atoms with Crippen molar-refractivity contribution >= 4 is 11.8 Å². The second-order valence-electron chi connectivity index (χ2n) is 5.49. The lowest BCUT2D eigenvalue weighted by Crippen LogP contribution is -2.51. The van der Waals surface area contributed by atoms with Crippen LogP contribution in [0.1, 0.15) is 26.7 Å². The van der Waals surface area contributed by atoms with Crippen LogP contribution in [0.4, 0.5) is 0 Å². The summed E-state index contributed by atoms with van der Waals surface area (Å²) < 4.78 is 0. The number of hydrogen-bond donors (Lipinski definition) is 2. The van der Waals surface area contributed by atoms with Crippen LogP contribution < -0.4 is 11.1 Å². The molecule has 1 rings (SSSR count). The monoisotopic (exact) mass is 284 g/mol. The minimum atomic E-state index is 0.0593. The first-order chi connectivity index (χ1) is 9.56. The second-order valence-corrected chi connectivity index (χ2v) is 5.49. The third kappa shape index (κ3) is 5.88. The molecule has 0 radical (unpaired) electrons. The smallest absolute Gasteiger partial charge is 0.234 e. The Hall–Kier alpha value is -1.14. The van der Waals surface area contributed by atoms with Gasteiger partial charge in [0.15, 0.2) is 0 Å². The zero-order valence-electron chi connectivity index (χ0n) is 12.7. The quantitative estimate of drug-likeness (QED) is 0.669. The van der Waals surface area contributed by atoms with Crippen LogP contribution in [0, 0.1) is 5.92 Å². The molecule has 1 saturated heterocycles. The summed E-state index contributed by atoms with van der Waals surface area (Å²) in [6, 6.07) is 0. The first-order valence-corrected chi connectivity index (χ1v) is 7.53. The summed E-state index contributed by atoms with van der Waals surface area (Å²) in [6.45, 7) is 8.69. The van der Waals surface area contributed by atoms with Gasteiger partial charge in [-0.3, -0.25) is 14.5 Å². The van der Waals surface area contributed by atoms with Gasteiger partial charge in [0.05, 0.1) is 6.54 Å². The molecule has 3 N–H and O–H groups in total. The first kappa shape index (κ1) is 16.9. The van der Waals surface area contributed by atoms with Crippen molar-refractivity contribution < 1.29 is 9.59 Å². The molecule has 6 heteroatoms. The highest BCUT2D eigenvalue weighted by atomic mass is 16.2. The molecule has 0 bridgehead atoms. The van der Waals surface area contributed by atoms with Crippen molar-refractivity contribution in [2.45, 2.75) is 26.7 Å². The molecule has 116 valence electrons. The lowest BCUT2D eigenvalue weighted by molar-refractivity contribution is -0.133. The highest BCUT2D eigenvalue weighted by Crippen LogP contribution is 2.08. The Morgan fingerprint density at radius 1 is 1.25 bits per heavy atom. The van der Waals surface area contributed by atoms with Crippen molar-refractivity contribution in [2.24, 2.45) is 11.7 Å². The van der Waals surface area contributed by atoms with Gasteiger partial charge in [0.1, 0.15) is 0 Å². The van der Waals surface area contributed by atoms with Gasteiger partial charge in [-0.05, 0) is 25.8 Å². The molecule has 6 nitrogen and oxygen atoms in total. The predicted octanol–water partition coefficient (Wildman–Crippen LogP) is -0.358. The van der Waals surface area contributed by atoms with E-state index in [9.17, 15) is 9.59 Å². The van der Waals surface area contributed by atoms with Crippen LogP contribution in [0.5, 0.6) is 0 Å². The first-order valence-electron chi connectivity index (χ1n) is 7.53. The molecule has 0 aromatic heterocycles. The normalized spacial score (nSPS) is 17.9. The molecule has 1 aliphatic heterocycles. The molecule has 0 saturated carbocycles. The SMILES string of the molecule is CCNC(=O)CN1CCN(C(=O)CCC(C)CN)CC1. The summed E-state index contributed by atoms with van der Waals surface area (Å²) in [5.74, 6) is 0.671. The molecule has 0 aromatic rings. The highest BCUT2D eigenvalue weighted by Gasteiger charge is 2.22. The molecule has 1 aliphatic rings. The number of nitrogens with one attached hydrogen (secondary N) is 1. The number of nitrogens with two attached hydrogens (primary N) is 1. The topological polar surface area (TPSA) is 78.7 Å². The molecule has 1 heterocycles. The van der Waals surface area contributed by atoms with Gasteiger partial charge in [-0.1, -0.05) is 6.92 Å². The minimum Gasteiger partial charge on any atom is -0.355 e. The number of likely N-dealkylation sites (N-methyl/N-ethyl adjacent to an activating group) is 1. The minimum absolute atomic E-state index is 0.0593. The molecule has 0 aromatic carbocycles. The average Bonchev–Trinajstić information content (AvgIpc) is 2.45. The van der Waals surface area contributed by atoms with Gasteiger partial charge >= 0.3 is 0 Å². The lowest BCUT2D eigenvalue weighted by atomic mass is 10.1. The van der Waals surface area contributed by atoms with Gasteiger partial charge in [-0.2, -0.15) is 0 Å². The largest absolute Gasteiger partial charge is 0.355 e. The van der Waals surface area contributed by atoms with E-state index in [1.54, 1.807) is 0 Å². The Balaban J connectivity index is 2.24. The van der Waals surface area contributed by atoms with E-state index in [4.69, 9.17) is 5.73 Å². The molecule has 2 amide bonds. The number of nitrogens with zero attached hydrogens (tertiary/aromatic N) is 2. The summed E-state index contributed by atoms with van der Waals surface area (Å²) in [6.07, 6.45) is 1.43. The molecule has 0 spiro atoms. The number of piperazine rings is 1. The molecule has 1 unspecified atom stereocenters. The van der Waals surface area contributed by atoms with Crippen LogP contribution in [-0.2, 0) is 9.59 Å². The van der Waals surface area contributed by atoms with E-state index in [0.717, 1.165) is 32.6 Å². The Morgan fingerprint density at radius 2 is 1.90 bits per heavy atom. The van der Waals surface area contributed by atoms with E-state index in [0.29, 0.717) is 32.0 Å². The summed E-state index contributed by atoms with van der Waals surface area (Å²) in [4.78, 5) is 27.5. The van der Waals surface area contributed by atoms with E-state index >= 15 is 0 Å². The van der Waals surface area contributed by atoms with Gasteiger partial charge in [-0.25, -0.2) is 0 Å². The number of carbonyl (C=O) groups is 2. The molecular weight excluding hydrogens is 256 g/mol. The Bertz CT molecular complexity index is 314. The van der Waals surface area contributed by atoms with Crippen LogP contribution in [0.2, 0.25) is 0 Å². The standard InChI is InChI=1S/C14H28N4O2/c1-3-16-13(19)11-17-6-8-18(9-7-17)14(20)5-4-12(2)10-15/h12H,3-11,15H2,1-2H3,(H,16,19). The van der Waals surface area contributed by atoms with Crippen LogP contribution in [0.25, 0.3) is 0 Å². The van der Waals surface area contributed by atoms with E-state index in [1.165, 1.54) is 0 Å². The van der Waals surface area contributed by atoms with E-state index < -0.39 is 0 Å². The van der Waals surface area contributed by atoms with E-state index in [2.05, 4.69) is 17.1 Å². The maximum absolute atomic E-state index is 12.0. The summed E-state index contributed by atoms with van der Waals surface area (Å²) in [5, 5.41) is 2.79. The van der Waals surface area contributed by atoms with E-state index in [1.807, 2.05) is 11.8 Å². The van der Waals surface area contributed by atoms with Gasteiger partial charge in [-0.15, -0.1) is 0 Å². The van der Waals surface area contributed by atoms with Crippen molar-refractivity contribution in [2.75, 3.05) is 45.8 Å². The van der Waals surface area contributed by atoms with Crippen LogP contribution in [-0.4, -0.2) is 67.4 Å². The van der Waals surface area contributed by atoms with Crippen molar-refractivity contribution in [3.05, 3.63) is 0 Å². The Morgan fingerprint density at radius 3 is 2.45 bits per heavy atom. The third-order valence-electron chi connectivity index (χ3n) is 3.72. The molecule has 20 heavy (non-hydrogen) atoms. The van der Waals surface area contributed by atoms with Gasteiger partial charge in [0.2, 0.25) is 11.8 Å². The summed E-state index contributed by atoms with van der Waals surface area (Å²) in [5.41, 5.74) is 5.56. The molecule has 1 fully saturated rings. The van der Waals surface area contributed by atoms with Crippen molar-refractivity contribution in [3.8, 4) is 0 Å². The predicted molar refractivity (Wildman–Crippen MR) is 79.2 cm³/mol. The zero-order valence-corrected chi connectivity index (χ0v) is 12.7. The fourth-order valence-electron chi connectivity index (χ4n) is 2.26. The maximum atomic E-state index is 12.0. The summed E-state index contributed by atoms with van der Waals surface area (Å²) >= 11 is 0. The number of rotatable bonds is 7. The van der Waals surface area contributed by atoms with Crippen LogP contribution >= 0.6 is 0 Å². The van der Waals surface area contributed by atoms with Gasteiger partial charge in [0, 0.05) is 39.1 Å². The molecular formula is C14H28N4O2. The van der Waals surface area contributed by atoms with Crippen molar-refractivity contribution in [1.82, 2.24) is 15.1 Å². The summed E-state index contributed by atoms with van der Waals surface area (Å²) in [7, 11) is 0. The van der Waals surface area contributed by atoms with Crippen LogP contribution in [0.3, 0.4) is 0 Å². The van der Waals surface area contributed by atoms with Gasteiger partial charge in [0.25, 0.3) is 0 Å². The Kier molecular flexibility index (Phi) is 7.54. The molecule has 0 aliphatic carbocycles. The van der Waals surface area contributed by atoms with Crippen molar-refractivity contribution in [1.29, 1.82) is 0 Å². The molecule has 1 atom stereocenters. The number of hydrogen-bond acceptors (Lipinski definition) is 4. The fraction of sp³-hybridized carbons (Fsp3) is 0.857. The lowest BCUT2D eigenvalue weighted by Gasteiger charge is -2.34. The average molecular weight is 284 g/mol. The third-order valence-corrected chi connectivity index (χ3v) is 3.72. The van der Waals surface area contributed by atoms with Crippen LogP contribution in [0.15, 0.2) is 0 Å². The second kappa shape index (κ2) is 8.92. The van der Waals surface area contributed by atoms with E-state index in [-0.39, 0.29) is 11.8 Å². The van der Waals surface area contributed by atoms with Crippen molar-refractivity contribution in [3.63, 3.8) is 0 Å².